The maximum Gasteiger partial charge on any atom is 0.359 e. The minimum absolute atomic E-state index is 0.0392. The Kier molecular flexibility index (Phi) is 9.72. The zero-order valence-corrected chi connectivity index (χ0v) is 21.0. The quantitative estimate of drug-likeness (QED) is 0.264. The van der Waals surface area contributed by atoms with Crippen molar-refractivity contribution in [1.29, 1.82) is 0 Å². The van der Waals surface area contributed by atoms with E-state index in [0.717, 1.165) is 25.3 Å². The Labute approximate surface area is 213 Å². The predicted octanol–water partition coefficient (Wildman–Crippen LogP) is 0.858. The molecule has 0 saturated carbocycles. The minimum atomic E-state index is -2.57. The summed E-state index contributed by atoms with van der Waals surface area (Å²) in [5.41, 5.74) is -0.928. The van der Waals surface area contributed by atoms with Crippen molar-refractivity contribution in [3.8, 4) is 5.88 Å². The van der Waals surface area contributed by atoms with E-state index in [2.05, 4.69) is 4.98 Å². The number of nitrogens with zero attached hydrogens (tertiary/aromatic N) is 2. The van der Waals surface area contributed by atoms with Crippen molar-refractivity contribution in [3.05, 3.63) is 22.7 Å². The third-order valence-corrected chi connectivity index (χ3v) is 4.89. The van der Waals surface area contributed by atoms with Gasteiger partial charge < -0.3 is 28.4 Å². The van der Waals surface area contributed by atoms with Crippen LogP contribution in [-0.4, -0.2) is 75.4 Å². The molecule has 13 nitrogen and oxygen atoms in total. The van der Waals surface area contributed by atoms with E-state index >= 15 is 0 Å². The molecule has 1 fully saturated rings. The Hall–Kier alpha value is -2.61. The fraction of sp³-hybridized carbons (Fsp3) is 0.579. The van der Waals surface area contributed by atoms with Crippen LogP contribution in [0.3, 0.4) is 0 Å². The molecule has 1 aromatic rings. The van der Waals surface area contributed by atoms with Crippen molar-refractivity contribution >= 4 is 58.7 Å². The van der Waals surface area contributed by atoms with Crippen LogP contribution in [0.1, 0.15) is 27.0 Å². The van der Waals surface area contributed by atoms with Crippen LogP contribution < -0.4 is 10.4 Å². The molecule has 0 spiro atoms. The first-order valence-electron chi connectivity index (χ1n) is 9.78. The number of carbonyl (C=O) groups excluding carboxylic acids is 4. The Morgan fingerprint density at radius 1 is 1.00 bits per heavy atom. The summed E-state index contributed by atoms with van der Waals surface area (Å²) in [5, 5.41) is 0. The van der Waals surface area contributed by atoms with Crippen LogP contribution in [0.5, 0.6) is 5.88 Å². The molecule has 0 radical (unpaired) electrons. The molecule has 0 unspecified atom stereocenters. The number of aromatic nitrogens is 2. The van der Waals surface area contributed by atoms with E-state index in [1.165, 1.54) is 19.4 Å². The summed E-state index contributed by atoms with van der Waals surface area (Å²) in [5.74, 6) is -3.87. The van der Waals surface area contributed by atoms with Gasteiger partial charge in [0, 0.05) is 33.0 Å². The second kappa shape index (κ2) is 11.9. The van der Waals surface area contributed by atoms with Gasteiger partial charge in [-0.2, -0.15) is 4.98 Å². The molecule has 0 aromatic carbocycles. The van der Waals surface area contributed by atoms with Gasteiger partial charge in [0.15, 0.2) is 24.5 Å². The van der Waals surface area contributed by atoms with Crippen LogP contribution in [0.25, 0.3) is 0 Å². The molecule has 1 aromatic heterocycles. The van der Waals surface area contributed by atoms with Gasteiger partial charge >= 0.3 is 29.6 Å². The molecule has 2 heterocycles. The number of rotatable bonds is 7. The van der Waals surface area contributed by atoms with Gasteiger partial charge in [0.2, 0.25) is 5.88 Å². The van der Waals surface area contributed by atoms with Crippen molar-refractivity contribution in [1.82, 2.24) is 9.55 Å². The molecule has 194 valence electrons. The number of halogens is 3. The summed E-state index contributed by atoms with van der Waals surface area (Å²) in [6.45, 7) is 2.71. The molecular weight excluding hydrogens is 539 g/mol. The molecular formula is C19H21Cl3N2O11. The molecule has 1 aliphatic heterocycles. The van der Waals surface area contributed by atoms with Gasteiger partial charge in [-0.25, -0.2) is 9.59 Å². The van der Waals surface area contributed by atoms with E-state index in [4.69, 9.17) is 63.2 Å². The summed E-state index contributed by atoms with van der Waals surface area (Å²) in [6.07, 6.45) is -6.45. The minimum Gasteiger partial charge on any atom is -0.481 e. The molecule has 1 saturated heterocycles. The van der Waals surface area contributed by atoms with Gasteiger partial charge in [0.25, 0.3) is 3.79 Å². The van der Waals surface area contributed by atoms with Crippen LogP contribution in [0.15, 0.2) is 17.1 Å². The first-order chi connectivity index (χ1) is 16.2. The highest BCUT2D eigenvalue weighted by molar-refractivity contribution is 6.75. The molecule has 0 N–H and O–H groups in total. The van der Waals surface area contributed by atoms with Gasteiger partial charge in [-0.15, -0.1) is 0 Å². The SMILES string of the molecule is COc1ccn([C@@H]2O[C@H](COC(C)=O)[C@H](OC(C)=O)[C@H](OC(C)=O)[C@@H]2OC(=O)C(Cl)(Cl)Cl)c(=O)n1. The monoisotopic (exact) mass is 558 g/mol. The van der Waals surface area contributed by atoms with E-state index in [0.29, 0.717) is 0 Å². The number of hydrogen-bond donors (Lipinski definition) is 0. The lowest BCUT2D eigenvalue weighted by atomic mass is 9.97. The van der Waals surface area contributed by atoms with Crippen LogP contribution in [0.4, 0.5) is 0 Å². The lowest BCUT2D eigenvalue weighted by Crippen LogP contribution is -2.61. The Morgan fingerprint density at radius 3 is 2.09 bits per heavy atom. The summed E-state index contributed by atoms with van der Waals surface area (Å²) < 4.78 is 29.9. The van der Waals surface area contributed by atoms with Crippen molar-refractivity contribution in [2.45, 2.75) is 55.2 Å². The summed E-state index contributed by atoms with van der Waals surface area (Å²) in [4.78, 5) is 64.0. The second-order valence-corrected chi connectivity index (χ2v) is 9.32. The zero-order chi connectivity index (χ0) is 26.5. The maximum atomic E-state index is 12.7. The van der Waals surface area contributed by atoms with E-state index in [9.17, 15) is 24.0 Å². The largest absolute Gasteiger partial charge is 0.481 e. The van der Waals surface area contributed by atoms with Gasteiger partial charge in [0.1, 0.15) is 12.7 Å². The molecule has 16 heteroatoms. The number of alkyl halides is 3. The van der Waals surface area contributed by atoms with Crippen LogP contribution in [-0.2, 0) is 42.9 Å². The van der Waals surface area contributed by atoms with Gasteiger partial charge in [0.05, 0.1) is 7.11 Å². The van der Waals surface area contributed by atoms with E-state index in [1.54, 1.807) is 0 Å². The lowest BCUT2D eigenvalue weighted by Gasteiger charge is -2.44. The molecule has 1 aliphatic rings. The van der Waals surface area contributed by atoms with Gasteiger partial charge in [-0.1, -0.05) is 34.8 Å². The molecule has 2 rings (SSSR count). The smallest absolute Gasteiger partial charge is 0.359 e. The third kappa shape index (κ3) is 7.69. The topological polar surface area (TPSA) is 159 Å². The fourth-order valence-corrected chi connectivity index (χ4v) is 3.27. The van der Waals surface area contributed by atoms with Crippen LogP contribution >= 0.6 is 34.8 Å². The van der Waals surface area contributed by atoms with E-state index in [-0.39, 0.29) is 5.88 Å². The predicted molar refractivity (Wildman–Crippen MR) is 117 cm³/mol. The number of esters is 4. The zero-order valence-electron chi connectivity index (χ0n) is 18.8. The van der Waals surface area contributed by atoms with Crippen LogP contribution in [0, 0.1) is 0 Å². The average Bonchev–Trinajstić information content (AvgIpc) is 2.73. The van der Waals surface area contributed by atoms with E-state index in [1.807, 2.05) is 0 Å². The normalized spacial score (nSPS) is 24.1. The summed E-state index contributed by atoms with van der Waals surface area (Å²) in [6, 6.07) is 1.29. The fourth-order valence-electron chi connectivity index (χ4n) is 3.13. The summed E-state index contributed by atoms with van der Waals surface area (Å²) in [7, 11) is 1.28. The second-order valence-electron chi connectivity index (χ2n) is 7.04. The number of methoxy groups -OCH3 is 1. The van der Waals surface area contributed by atoms with Crippen LogP contribution in [0.2, 0.25) is 0 Å². The highest BCUT2D eigenvalue weighted by atomic mass is 35.6. The highest BCUT2D eigenvalue weighted by Crippen LogP contribution is 2.36. The van der Waals surface area contributed by atoms with E-state index < -0.39 is 70.6 Å². The molecule has 35 heavy (non-hydrogen) atoms. The van der Waals surface area contributed by atoms with Crippen molar-refractivity contribution in [2.24, 2.45) is 0 Å². The van der Waals surface area contributed by atoms with Crippen molar-refractivity contribution < 1.29 is 47.6 Å². The highest BCUT2D eigenvalue weighted by Gasteiger charge is 2.54. The maximum absolute atomic E-state index is 12.7. The Balaban J connectivity index is 2.66. The number of carbonyl (C=O) groups is 4. The lowest BCUT2D eigenvalue weighted by molar-refractivity contribution is -0.269. The number of ether oxygens (including phenoxy) is 6. The van der Waals surface area contributed by atoms with Gasteiger partial charge in [-0.3, -0.25) is 19.0 Å². The Bertz CT molecular complexity index is 1030. The molecule has 0 aliphatic carbocycles. The van der Waals surface area contributed by atoms with Crippen molar-refractivity contribution in [3.63, 3.8) is 0 Å². The first-order valence-corrected chi connectivity index (χ1v) is 10.9. The average molecular weight is 560 g/mol. The Morgan fingerprint density at radius 2 is 1.60 bits per heavy atom. The van der Waals surface area contributed by atoms with Crippen molar-refractivity contribution in [2.75, 3.05) is 13.7 Å². The third-order valence-electron chi connectivity index (χ3n) is 4.43. The number of hydrogen-bond acceptors (Lipinski definition) is 12. The molecule has 0 bridgehead atoms. The standard InChI is InChI=1S/C19H21Cl3N2O11/c1-8(25)31-7-11-13(32-9(2)26)14(33-10(3)27)15(35-17(28)19(20,21)22)16(34-11)24-6-5-12(30-4)23-18(24)29/h5-6,11,13-16H,7H2,1-4H3/t11-,13+,14+,15+,16-/m1/s1. The summed E-state index contributed by atoms with van der Waals surface area (Å²) >= 11 is 16.9. The first kappa shape index (κ1) is 28.6. The molecule has 0 amide bonds. The van der Waals surface area contributed by atoms with Gasteiger partial charge in [-0.05, 0) is 0 Å². The molecule has 5 atom stereocenters.